The first-order valence-electron chi connectivity index (χ1n) is 6.79. The monoisotopic (exact) mass is 250 g/mol. The van der Waals surface area contributed by atoms with Gasteiger partial charge in [-0.25, -0.2) is 0 Å². The molecule has 0 aliphatic heterocycles. The van der Waals surface area contributed by atoms with Crippen molar-refractivity contribution in [1.82, 2.24) is 0 Å². The summed E-state index contributed by atoms with van der Waals surface area (Å²) < 4.78 is 0. The van der Waals surface area contributed by atoms with Crippen molar-refractivity contribution in [3.63, 3.8) is 0 Å². The predicted octanol–water partition coefficient (Wildman–Crippen LogP) is 2.63. The molecule has 1 rings (SSSR count). The number of hydrogen-bond donors (Lipinski definition) is 0. The second-order valence-corrected chi connectivity index (χ2v) is 11.0. The van der Waals surface area contributed by atoms with Gasteiger partial charge in [-0.05, 0) is 0 Å². The van der Waals surface area contributed by atoms with Gasteiger partial charge < -0.3 is 0 Å². The molecule has 0 aliphatic rings. The second kappa shape index (κ2) is 7.07. The van der Waals surface area contributed by atoms with E-state index in [-0.39, 0.29) is 0 Å². The van der Waals surface area contributed by atoms with Gasteiger partial charge in [0.05, 0.1) is 17.6 Å². The summed E-state index contributed by atoms with van der Waals surface area (Å²) in [5.41, 5.74) is 0. The number of hydrogen-bond acceptors (Lipinski definition) is 0. The first-order chi connectivity index (χ1) is 7.70. The van der Waals surface area contributed by atoms with Gasteiger partial charge in [-0.15, -0.1) is 0 Å². The van der Waals surface area contributed by atoms with Crippen LogP contribution in [0.2, 0.25) is 25.2 Å². The highest BCUT2D eigenvalue weighted by molar-refractivity contribution is 6.83. The maximum Gasteiger partial charge on any atom is 0.0676 e. The zero-order valence-corrected chi connectivity index (χ0v) is 13.6. The molecule has 2 unspecified atom stereocenters. The maximum absolute atomic E-state index is 2.52. The summed E-state index contributed by atoms with van der Waals surface area (Å²) in [6, 6.07) is 12.2. The Balaban J connectivity index is 2.90. The van der Waals surface area contributed by atoms with Gasteiger partial charge in [0.15, 0.2) is 0 Å². The van der Waals surface area contributed by atoms with Crippen molar-refractivity contribution in [3.05, 3.63) is 24.3 Å². The van der Waals surface area contributed by atoms with Gasteiger partial charge in [0.1, 0.15) is 0 Å². The summed E-state index contributed by atoms with van der Waals surface area (Å²) in [5.74, 6) is 0. The molecule has 0 fully saturated rings. The minimum atomic E-state index is -0.646. The third-order valence-corrected chi connectivity index (χ3v) is 9.90. The standard InChI is InChI=1S/C14H26Si2/c1-5-11-15(3)13-9-7-8-10-14(13)16(4)12-6-2/h7-10,15-16H,5-6,11-12H2,1-4H3. The van der Waals surface area contributed by atoms with Gasteiger partial charge in [0, 0.05) is 0 Å². The van der Waals surface area contributed by atoms with Crippen molar-refractivity contribution in [2.75, 3.05) is 0 Å². The smallest absolute Gasteiger partial charge is 0.0676 e. The van der Waals surface area contributed by atoms with E-state index >= 15 is 0 Å². The molecule has 0 N–H and O–H groups in total. The van der Waals surface area contributed by atoms with Crippen molar-refractivity contribution in [2.24, 2.45) is 0 Å². The first kappa shape index (κ1) is 13.7. The second-order valence-electron chi connectivity index (χ2n) is 5.01. The van der Waals surface area contributed by atoms with E-state index in [2.05, 4.69) is 51.2 Å². The fraction of sp³-hybridized carbons (Fsp3) is 0.571. The van der Waals surface area contributed by atoms with E-state index in [0.29, 0.717) is 0 Å². The molecule has 16 heavy (non-hydrogen) atoms. The molecular formula is C14H26Si2. The summed E-state index contributed by atoms with van der Waals surface area (Å²) in [6.07, 6.45) is 2.71. The zero-order valence-electron chi connectivity index (χ0n) is 11.3. The molecule has 0 spiro atoms. The van der Waals surface area contributed by atoms with Crippen LogP contribution < -0.4 is 10.4 Å². The number of benzene rings is 1. The third-order valence-electron chi connectivity index (χ3n) is 3.50. The van der Waals surface area contributed by atoms with Crippen molar-refractivity contribution < 1.29 is 0 Å². The van der Waals surface area contributed by atoms with Gasteiger partial charge in [-0.3, -0.25) is 0 Å². The van der Waals surface area contributed by atoms with Crippen LogP contribution in [0.1, 0.15) is 26.7 Å². The Labute approximate surface area is 104 Å². The predicted molar refractivity (Wildman–Crippen MR) is 81.9 cm³/mol. The Hall–Kier alpha value is -0.346. The lowest BCUT2D eigenvalue weighted by molar-refractivity contribution is 1.06. The van der Waals surface area contributed by atoms with Crippen LogP contribution in [0, 0.1) is 0 Å². The molecule has 2 heteroatoms. The highest BCUT2D eigenvalue weighted by Crippen LogP contribution is 2.01. The molecule has 0 amide bonds. The summed E-state index contributed by atoms with van der Waals surface area (Å²) in [4.78, 5) is 0. The molecule has 2 atom stereocenters. The van der Waals surface area contributed by atoms with Crippen molar-refractivity contribution in [2.45, 2.75) is 51.9 Å². The molecule has 0 nitrogen and oxygen atoms in total. The average Bonchev–Trinajstić information content (AvgIpc) is 2.30. The molecule has 1 aromatic carbocycles. The Morgan fingerprint density at radius 3 is 1.50 bits per heavy atom. The average molecular weight is 251 g/mol. The SMILES string of the molecule is CCC[SiH](C)c1ccccc1[SiH](C)CCC. The van der Waals surface area contributed by atoms with Crippen molar-refractivity contribution >= 4 is 28.0 Å². The van der Waals surface area contributed by atoms with Crippen molar-refractivity contribution in [1.29, 1.82) is 0 Å². The number of rotatable bonds is 6. The maximum atomic E-state index is 2.52. The Morgan fingerprint density at radius 1 is 0.812 bits per heavy atom. The lowest BCUT2D eigenvalue weighted by Gasteiger charge is -2.18. The Bertz CT molecular complexity index is 278. The minimum absolute atomic E-state index is 0.646. The molecule has 0 saturated carbocycles. The third kappa shape index (κ3) is 3.60. The van der Waals surface area contributed by atoms with Gasteiger partial charge in [-0.2, -0.15) is 0 Å². The van der Waals surface area contributed by atoms with E-state index in [9.17, 15) is 0 Å². The van der Waals surface area contributed by atoms with Crippen LogP contribution in [0.4, 0.5) is 0 Å². The quantitative estimate of drug-likeness (QED) is 0.681. The highest BCUT2D eigenvalue weighted by Gasteiger charge is 2.15. The molecule has 0 radical (unpaired) electrons. The van der Waals surface area contributed by atoms with Gasteiger partial charge in [-0.1, -0.05) is 86.5 Å². The van der Waals surface area contributed by atoms with Crippen LogP contribution in [-0.4, -0.2) is 17.6 Å². The zero-order chi connectivity index (χ0) is 12.0. The van der Waals surface area contributed by atoms with Crippen LogP contribution >= 0.6 is 0 Å². The van der Waals surface area contributed by atoms with E-state index < -0.39 is 17.6 Å². The molecule has 0 saturated heterocycles. The van der Waals surface area contributed by atoms with Crippen LogP contribution in [0.15, 0.2) is 24.3 Å². The molecular weight excluding hydrogens is 224 g/mol. The summed E-state index contributed by atoms with van der Waals surface area (Å²) in [5, 5.41) is 3.55. The van der Waals surface area contributed by atoms with Crippen LogP contribution in [0.5, 0.6) is 0 Å². The molecule has 90 valence electrons. The Kier molecular flexibility index (Phi) is 6.06. The minimum Gasteiger partial charge on any atom is -0.0680 e. The normalized spacial score (nSPS) is 14.8. The van der Waals surface area contributed by atoms with Crippen LogP contribution in [0.25, 0.3) is 0 Å². The lowest BCUT2D eigenvalue weighted by atomic mass is 10.4. The van der Waals surface area contributed by atoms with Crippen molar-refractivity contribution in [3.8, 4) is 0 Å². The topological polar surface area (TPSA) is 0 Å². The highest BCUT2D eigenvalue weighted by atomic mass is 28.3. The molecule has 0 aliphatic carbocycles. The van der Waals surface area contributed by atoms with Gasteiger partial charge in [0.25, 0.3) is 0 Å². The van der Waals surface area contributed by atoms with Crippen LogP contribution in [0.3, 0.4) is 0 Å². The fourth-order valence-corrected chi connectivity index (χ4v) is 8.86. The molecule has 1 aromatic rings. The van der Waals surface area contributed by atoms with Gasteiger partial charge >= 0.3 is 0 Å². The van der Waals surface area contributed by atoms with E-state index in [1.165, 1.54) is 24.9 Å². The van der Waals surface area contributed by atoms with Gasteiger partial charge in [0.2, 0.25) is 0 Å². The lowest BCUT2D eigenvalue weighted by Crippen LogP contribution is -2.46. The van der Waals surface area contributed by atoms with E-state index in [1.807, 2.05) is 0 Å². The van der Waals surface area contributed by atoms with E-state index in [1.54, 1.807) is 10.4 Å². The van der Waals surface area contributed by atoms with E-state index in [0.717, 1.165) is 0 Å². The first-order valence-corrected chi connectivity index (χ1v) is 11.9. The molecule has 0 aromatic heterocycles. The van der Waals surface area contributed by atoms with E-state index in [4.69, 9.17) is 0 Å². The molecule has 0 heterocycles. The fourth-order valence-electron chi connectivity index (χ4n) is 2.59. The summed E-state index contributed by atoms with van der Waals surface area (Å²) in [6.45, 7) is 9.68. The van der Waals surface area contributed by atoms with Crippen LogP contribution in [-0.2, 0) is 0 Å². The summed E-state index contributed by atoms with van der Waals surface area (Å²) in [7, 11) is -1.29. The Morgan fingerprint density at radius 2 is 1.19 bits per heavy atom. The largest absolute Gasteiger partial charge is 0.0680 e. The summed E-state index contributed by atoms with van der Waals surface area (Å²) >= 11 is 0. The molecule has 0 bridgehead atoms.